The van der Waals surface area contributed by atoms with E-state index in [4.69, 9.17) is 18.9 Å². The Kier molecular flexibility index (Phi) is 50.9. The number of esters is 2. The Morgan fingerprint density at radius 3 is 1.14 bits per heavy atom. The van der Waals surface area contributed by atoms with Crippen molar-refractivity contribution in [2.75, 3.05) is 47.5 Å². The lowest BCUT2D eigenvalue weighted by atomic mass is 10.0. The zero-order valence-electron chi connectivity index (χ0n) is 46.7. The summed E-state index contributed by atoms with van der Waals surface area (Å²) in [7, 11) is 5.93. The maximum Gasteiger partial charge on any atom is 0.306 e. The summed E-state index contributed by atoms with van der Waals surface area (Å²) in [6.07, 6.45) is 60.4. The van der Waals surface area contributed by atoms with E-state index in [1.807, 2.05) is 21.1 Å². The smallest absolute Gasteiger partial charge is 0.306 e. The van der Waals surface area contributed by atoms with Gasteiger partial charge in [0.1, 0.15) is 13.2 Å². The van der Waals surface area contributed by atoms with Gasteiger partial charge < -0.3 is 33.3 Å². The Labute approximate surface area is 432 Å². The van der Waals surface area contributed by atoms with E-state index in [9.17, 15) is 19.5 Å². The number of unbranched alkanes of at least 4 members (excludes halogenated alkanes) is 34. The van der Waals surface area contributed by atoms with Crippen LogP contribution in [0.2, 0.25) is 0 Å². The Hall–Kier alpha value is -2.49. The van der Waals surface area contributed by atoms with Crippen molar-refractivity contribution in [1.82, 2.24) is 0 Å². The predicted molar refractivity (Wildman–Crippen MR) is 293 cm³/mol. The van der Waals surface area contributed by atoms with Gasteiger partial charge in [0.2, 0.25) is 0 Å². The van der Waals surface area contributed by atoms with Crippen LogP contribution in [0, 0.1) is 0 Å². The highest BCUT2D eigenvalue weighted by Crippen LogP contribution is 2.17. The first kappa shape index (κ1) is 67.5. The van der Waals surface area contributed by atoms with E-state index in [1.165, 1.54) is 193 Å². The summed E-state index contributed by atoms with van der Waals surface area (Å²) >= 11 is 0. The van der Waals surface area contributed by atoms with E-state index in [2.05, 4.69) is 50.3 Å². The van der Waals surface area contributed by atoms with Crippen LogP contribution in [0.5, 0.6) is 0 Å². The zero-order valence-corrected chi connectivity index (χ0v) is 46.7. The van der Waals surface area contributed by atoms with Gasteiger partial charge in [-0.25, -0.2) is 0 Å². The van der Waals surface area contributed by atoms with Gasteiger partial charge in [0, 0.05) is 12.8 Å². The Morgan fingerprint density at radius 2 is 0.771 bits per heavy atom. The van der Waals surface area contributed by atoms with Crippen molar-refractivity contribution in [1.29, 1.82) is 0 Å². The Morgan fingerprint density at radius 1 is 0.429 bits per heavy atom. The molecular formula is C61H113NO8. The lowest BCUT2D eigenvalue weighted by Crippen LogP contribution is -2.44. The molecule has 0 spiro atoms. The SMILES string of the molecule is CCCCCCC/C=C\C/C=C\C/C=C\CCCCCCCCCCCCCCC(=O)OC(COC(=O)CCCCCCCCCCCCCCCCCCCC)COC(OCC[N+](C)(C)C)C(=O)[O-]. The molecule has 0 bridgehead atoms. The number of aliphatic carboxylic acids is 1. The molecule has 0 radical (unpaired) electrons. The minimum atomic E-state index is -1.62. The molecule has 0 rings (SSSR count). The van der Waals surface area contributed by atoms with Crippen molar-refractivity contribution in [2.45, 2.75) is 289 Å². The number of quaternary nitrogens is 1. The van der Waals surface area contributed by atoms with E-state index < -0.39 is 24.3 Å². The molecule has 0 aromatic carbocycles. The van der Waals surface area contributed by atoms with Gasteiger partial charge in [-0.15, -0.1) is 0 Å². The number of carboxylic acids is 1. The number of hydrogen-bond acceptors (Lipinski definition) is 8. The average Bonchev–Trinajstić information content (AvgIpc) is 3.33. The van der Waals surface area contributed by atoms with Crippen molar-refractivity contribution in [3.63, 3.8) is 0 Å². The molecule has 9 heteroatoms. The molecule has 0 aliphatic carbocycles. The topological polar surface area (TPSA) is 111 Å². The van der Waals surface area contributed by atoms with Crippen molar-refractivity contribution >= 4 is 17.9 Å². The van der Waals surface area contributed by atoms with Gasteiger partial charge in [-0.3, -0.25) is 9.59 Å². The summed E-state index contributed by atoms with van der Waals surface area (Å²) in [6.45, 7) is 4.78. The maximum atomic E-state index is 12.9. The van der Waals surface area contributed by atoms with Gasteiger partial charge >= 0.3 is 11.9 Å². The molecule has 70 heavy (non-hydrogen) atoms. The van der Waals surface area contributed by atoms with Gasteiger partial charge in [-0.1, -0.05) is 249 Å². The monoisotopic (exact) mass is 988 g/mol. The zero-order chi connectivity index (χ0) is 51.3. The van der Waals surface area contributed by atoms with Crippen molar-refractivity contribution in [2.24, 2.45) is 0 Å². The fourth-order valence-corrected chi connectivity index (χ4v) is 8.55. The maximum absolute atomic E-state index is 12.9. The van der Waals surface area contributed by atoms with Crippen molar-refractivity contribution in [3.05, 3.63) is 36.5 Å². The quantitative estimate of drug-likeness (QED) is 0.0195. The first-order valence-corrected chi connectivity index (χ1v) is 29.6. The van der Waals surface area contributed by atoms with Crippen LogP contribution in [0.25, 0.3) is 0 Å². The molecule has 9 nitrogen and oxygen atoms in total. The molecule has 410 valence electrons. The number of nitrogens with zero attached hydrogens (tertiary/aromatic N) is 1. The molecule has 2 unspecified atom stereocenters. The number of likely N-dealkylation sites (N-methyl/N-ethyl adjacent to an activating group) is 1. The van der Waals surface area contributed by atoms with Crippen molar-refractivity contribution < 1.29 is 42.9 Å². The number of carboxylic acid groups (broad SMARTS) is 1. The minimum absolute atomic E-state index is 0.149. The lowest BCUT2D eigenvalue weighted by molar-refractivity contribution is -0.870. The summed E-state index contributed by atoms with van der Waals surface area (Å²) < 4.78 is 22.7. The van der Waals surface area contributed by atoms with Crippen LogP contribution in [-0.2, 0) is 33.3 Å². The number of carbonyl (C=O) groups is 3. The van der Waals surface area contributed by atoms with Gasteiger partial charge in [0.15, 0.2) is 12.4 Å². The Bertz CT molecular complexity index is 1240. The first-order chi connectivity index (χ1) is 34.1. The van der Waals surface area contributed by atoms with Crippen LogP contribution in [0.1, 0.15) is 277 Å². The molecule has 0 aromatic rings. The van der Waals surface area contributed by atoms with Gasteiger partial charge in [0.25, 0.3) is 0 Å². The van der Waals surface area contributed by atoms with E-state index in [0.717, 1.165) is 51.4 Å². The average molecular weight is 989 g/mol. The summed E-state index contributed by atoms with van der Waals surface area (Å²) in [5.74, 6) is -2.27. The first-order valence-electron chi connectivity index (χ1n) is 29.6. The minimum Gasteiger partial charge on any atom is -0.545 e. The van der Waals surface area contributed by atoms with Gasteiger partial charge in [-0.2, -0.15) is 0 Å². The molecule has 0 fully saturated rings. The van der Waals surface area contributed by atoms with E-state index in [1.54, 1.807) is 0 Å². The third-order valence-corrected chi connectivity index (χ3v) is 13.1. The summed E-state index contributed by atoms with van der Waals surface area (Å²) in [5, 5.41) is 11.8. The molecule has 0 heterocycles. The predicted octanol–water partition coefficient (Wildman–Crippen LogP) is 16.0. The van der Waals surface area contributed by atoms with Gasteiger partial charge in [-0.05, 0) is 51.4 Å². The highest BCUT2D eigenvalue weighted by atomic mass is 16.7. The molecule has 0 aromatic heterocycles. The normalized spacial score (nSPS) is 13.0. The highest BCUT2D eigenvalue weighted by molar-refractivity contribution is 5.70. The van der Waals surface area contributed by atoms with Crippen LogP contribution in [-0.4, -0.2) is 82.3 Å². The third kappa shape index (κ3) is 53.3. The highest BCUT2D eigenvalue weighted by Gasteiger charge is 2.22. The molecular weight excluding hydrogens is 875 g/mol. The number of hydrogen-bond donors (Lipinski definition) is 0. The van der Waals surface area contributed by atoms with Crippen molar-refractivity contribution in [3.8, 4) is 0 Å². The Balaban J connectivity index is 4.20. The second-order valence-corrected chi connectivity index (χ2v) is 21.3. The molecule has 0 N–H and O–H groups in total. The fraction of sp³-hybridized carbons (Fsp3) is 0.852. The lowest BCUT2D eigenvalue weighted by Gasteiger charge is -2.26. The largest absolute Gasteiger partial charge is 0.545 e. The van der Waals surface area contributed by atoms with E-state index in [0.29, 0.717) is 23.9 Å². The molecule has 0 amide bonds. The number of carbonyl (C=O) groups excluding carboxylic acids is 3. The van der Waals surface area contributed by atoms with Crippen LogP contribution in [0.3, 0.4) is 0 Å². The third-order valence-electron chi connectivity index (χ3n) is 13.1. The van der Waals surface area contributed by atoms with Crippen LogP contribution in [0.15, 0.2) is 36.5 Å². The van der Waals surface area contributed by atoms with E-state index >= 15 is 0 Å². The molecule has 0 saturated carbocycles. The van der Waals surface area contributed by atoms with Crippen LogP contribution >= 0.6 is 0 Å². The standard InChI is InChI=1S/C61H113NO8/c1-6-8-10-12-14-16-18-20-22-24-26-27-28-29-30-31-32-33-34-36-38-40-42-44-46-48-50-52-59(64)70-57(56-69-61(60(65)66)67-54-53-62(3,4)5)55-68-58(63)51-49-47-45-43-41-39-37-35-25-23-21-19-17-15-13-11-9-7-2/h18,20,24,26,28-29,57,61H,6-17,19,21-23,25,27,30-56H2,1-5H3/b20-18-,26-24-,29-28-. The number of ether oxygens (including phenoxy) is 4. The van der Waals surface area contributed by atoms with Crippen LogP contribution < -0.4 is 5.11 Å². The van der Waals surface area contributed by atoms with Crippen LogP contribution in [0.4, 0.5) is 0 Å². The second-order valence-electron chi connectivity index (χ2n) is 21.3. The summed E-state index contributed by atoms with van der Waals surface area (Å²) in [6, 6.07) is 0. The van der Waals surface area contributed by atoms with Gasteiger partial charge in [0.05, 0.1) is 40.3 Å². The molecule has 0 saturated heterocycles. The molecule has 0 aliphatic heterocycles. The molecule has 0 aliphatic rings. The summed E-state index contributed by atoms with van der Waals surface area (Å²) in [5.41, 5.74) is 0. The van der Waals surface area contributed by atoms with E-state index in [-0.39, 0.29) is 32.2 Å². The number of allylic oxidation sites excluding steroid dienone is 6. The fourth-order valence-electron chi connectivity index (χ4n) is 8.55. The summed E-state index contributed by atoms with van der Waals surface area (Å²) in [4.78, 5) is 37.3. The second kappa shape index (κ2) is 52.8. The number of rotatable bonds is 55. The molecule has 2 atom stereocenters.